The smallest absolute Gasteiger partial charge is 0.159 e. The first kappa shape index (κ1) is 15.9. The van der Waals surface area contributed by atoms with Crippen molar-refractivity contribution in [3.05, 3.63) is 58.6 Å². The molecule has 0 aliphatic carbocycles. The van der Waals surface area contributed by atoms with Crippen molar-refractivity contribution in [3.63, 3.8) is 0 Å². The molecule has 0 aromatic heterocycles. The van der Waals surface area contributed by atoms with Gasteiger partial charge in [0, 0.05) is 10.2 Å². The third-order valence-electron chi connectivity index (χ3n) is 2.66. The van der Waals surface area contributed by atoms with E-state index in [0.29, 0.717) is 11.8 Å². The van der Waals surface area contributed by atoms with Crippen molar-refractivity contribution >= 4 is 38.5 Å². The van der Waals surface area contributed by atoms with E-state index in [1.807, 2.05) is 55.5 Å². The van der Waals surface area contributed by atoms with Crippen molar-refractivity contribution < 1.29 is 4.74 Å². The summed E-state index contributed by atoms with van der Waals surface area (Å²) in [6.45, 7) is 2.63. The number of halogens is 1. The quantitative estimate of drug-likeness (QED) is 0.482. The van der Waals surface area contributed by atoms with Crippen LogP contribution in [0, 0.1) is 6.92 Å². The van der Waals surface area contributed by atoms with E-state index in [4.69, 9.17) is 10.5 Å². The number of ether oxygens (including phenoxy) is 1. The predicted molar refractivity (Wildman–Crippen MR) is 94.6 cm³/mol. The molecule has 110 valence electrons. The van der Waals surface area contributed by atoms with E-state index >= 15 is 0 Å². The summed E-state index contributed by atoms with van der Waals surface area (Å²) < 4.78 is 6.67. The normalized spacial score (nSPS) is 11.4. The van der Waals surface area contributed by atoms with Crippen LogP contribution in [0.3, 0.4) is 0 Å². The van der Waals surface area contributed by atoms with E-state index in [1.165, 1.54) is 17.3 Å². The van der Waals surface area contributed by atoms with Gasteiger partial charge in [0.1, 0.15) is 5.75 Å². The van der Waals surface area contributed by atoms with Gasteiger partial charge in [-0.25, -0.2) is 4.99 Å². The highest BCUT2D eigenvalue weighted by Gasteiger charge is 1.98. The maximum atomic E-state index is 5.91. The number of benzene rings is 2. The topological polar surface area (TPSA) is 47.6 Å². The summed E-state index contributed by atoms with van der Waals surface area (Å²) in [5.41, 5.74) is 7.96. The summed E-state index contributed by atoms with van der Waals surface area (Å²) in [7, 11) is 0. The molecular weight excluding hydrogens is 348 g/mol. The molecule has 2 rings (SSSR count). The zero-order chi connectivity index (χ0) is 15.1. The van der Waals surface area contributed by atoms with Gasteiger partial charge in [0.25, 0.3) is 0 Å². The van der Waals surface area contributed by atoms with Gasteiger partial charge in [-0.15, -0.1) is 0 Å². The molecule has 2 aromatic carbocycles. The van der Waals surface area contributed by atoms with Crippen LogP contribution in [-0.4, -0.2) is 17.5 Å². The van der Waals surface area contributed by atoms with Crippen molar-refractivity contribution in [3.8, 4) is 5.75 Å². The molecular formula is C16H17BrN2OS. The number of amidine groups is 1. The highest BCUT2D eigenvalue weighted by Crippen LogP contribution is 2.17. The lowest BCUT2D eigenvalue weighted by atomic mass is 10.2. The fraction of sp³-hybridized carbons (Fsp3) is 0.188. The minimum atomic E-state index is 0.556. The average Bonchev–Trinajstić information content (AvgIpc) is 2.45. The second-order valence-corrected chi connectivity index (χ2v) is 6.47. The van der Waals surface area contributed by atoms with E-state index in [0.717, 1.165) is 21.7 Å². The van der Waals surface area contributed by atoms with E-state index in [-0.39, 0.29) is 0 Å². The van der Waals surface area contributed by atoms with Crippen LogP contribution in [0.5, 0.6) is 5.75 Å². The molecule has 2 N–H and O–H groups in total. The lowest BCUT2D eigenvalue weighted by molar-refractivity contribution is 0.344. The maximum absolute atomic E-state index is 5.91. The Morgan fingerprint density at radius 3 is 2.71 bits per heavy atom. The first-order chi connectivity index (χ1) is 10.1. The molecule has 0 bridgehead atoms. The van der Waals surface area contributed by atoms with E-state index in [9.17, 15) is 0 Å². The number of aliphatic imine (C=N–C) groups is 1. The molecule has 21 heavy (non-hydrogen) atoms. The average molecular weight is 365 g/mol. The van der Waals surface area contributed by atoms with Crippen molar-refractivity contribution in [2.75, 3.05) is 12.4 Å². The summed E-state index contributed by atoms with van der Waals surface area (Å²) >= 11 is 4.88. The SMILES string of the molecule is Cc1cccc(N=C(N)SCCOc2ccc(Br)cc2)c1. The summed E-state index contributed by atoms with van der Waals surface area (Å²) in [4.78, 5) is 4.37. The van der Waals surface area contributed by atoms with Crippen molar-refractivity contribution in [2.45, 2.75) is 6.92 Å². The van der Waals surface area contributed by atoms with Gasteiger partial charge < -0.3 is 10.5 Å². The highest BCUT2D eigenvalue weighted by atomic mass is 79.9. The van der Waals surface area contributed by atoms with E-state index in [1.54, 1.807) is 0 Å². The van der Waals surface area contributed by atoms with Gasteiger partial charge >= 0.3 is 0 Å². The Hall–Kier alpha value is -1.46. The maximum Gasteiger partial charge on any atom is 0.159 e. The van der Waals surface area contributed by atoms with Crippen LogP contribution in [0.1, 0.15) is 5.56 Å². The summed E-state index contributed by atoms with van der Waals surface area (Å²) in [5, 5.41) is 0.556. The van der Waals surface area contributed by atoms with Crippen LogP contribution in [-0.2, 0) is 0 Å². The molecule has 2 aromatic rings. The molecule has 0 amide bonds. The Bertz CT molecular complexity index is 614. The Kier molecular flexibility index (Phi) is 6.14. The Morgan fingerprint density at radius 1 is 1.24 bits per heavy atom. The number of rotatable bonds is 5. The number of hydrogen-bond acceptors (Lipinski definition) is 3. The molecule has 0 aliphatic heterocycles. The second-order valence-electron chi connectivity index (χ2n) is 4.44. The van der Waals surface area contributed by atoms with Crippen molar-refractivity contribution in [2.24, 2.45) is 10.7 Å². The first-order valence-electron chi connectivity index (χ1n) is 6.55. The molecule has 0 spiro atoms. The van der Waals surface area contributed by atoms with Gasteiger partial charge in [-0.05, 0) is 48.9 Å². The summed E-state index contributed by atoms with van der Waals surface area (Å²) in [5.74, 6) is 1.62. The van der Waals surface area contributed by atoms with Crippen LogP contribution >= 0.6 is 27.7 Å². The number of aryl methyl sites for hydroxylation is 1. The Morgan fingerprint density at radius 2 is 2.00 bits per heavy atom. The van der Waals surface area contributed by atoms with Gasteiger partial charge in [0.05, 0.1) is 12.3 Å². The van der Waals surface area contributed by atoms with Crippen LogP contribution in [0.15, 0.2) is 58.0 Å². The fourth-order valence-electron chi connectivity index (χ4n) is 1.69. The number of nitrogens with zero attached hydrogens (tertiary/aromatic N) is 1. The minimum Gasteiger partial charge on any atom is -0.493 e. The number of nitrogens with two attached hydrogens (primary N) is 1. The van der Waals surface area contributed by atoms with Crippen molar-refractivity contribution in [1.82, 2.24) is 0 Å². The Balaban J connectivity index is 1.76. The van der Waals surface area contributed by atoms with Gasteiger partial charge in [-0.1, -0.05) is 39.8 Å². The molecule has 5 heteroatoms. The molecule has 0 saturated heterocycles. The third-order valence-corrected chi connectivity index (χ3v) is 3.94. The monoisotopic (exact) mass is 364 g/mol. The lowest BCUT2D eigenvalue weighted by Gasteiger charge is -2.06. The zero-order valence-electron chi connectivity index (χ0n) is 11.8. The summed E-state index contributed by atoms with van der Waals surface area (Å²) in [6, 6.07) is 15.7. The first-order valence-corrected chi connectivity index (χ1v) is 8.33. The molecule has 0 radical (unpaired) electrons. The summed E-state index contributed by atoms with van der Waals surface area (Å²) in [6.07, 6.45) is 0. The van der Waals surface area contributed by atoms with Crippen LogP contribution in [0.25, 0.3) is 0 Å². The number of thioether (sulfide) groups is 1. The largest absolute Gasteiger partial charge is 0.493 e. The minimum absolute atomic E-state index is 0.556. The van der Waals surface area contributed by atoms with Gasteiger partial charge in [0.2, 0.25) is 0 Å². The second kappa shape index (κ2) is 8.10. The number of hydrogen-bond donors (Lipinski definition) is 1. The highest BCUT2D eigenvalue weighted by molar-refractivity contribution is 9.10. The van der Waals surface area contributed by atoms with Gasteiger partial charge in [-0.2, -0.15) is 0 Å². The zero-order valence-corrected chi connectivity index (χ0v) is 14.2. The van der Waals surface area contributed by atoms with Crippen LogP contribution in [0.2, 0.25) is 0 Å². The molecule has 0 heterocycles. The lowest BCUT2D eigenvalue weighted by Crippen LogP contribution is -2.10. The van der Waals surface area contributed by atoms with Crippen LogP contribution in [0.4, 0.5) is 5.69 Å². The predicted octanol–water partition coefficient (Wildman–Crippen LogP) is 4.52. The fourth-order valence-corrected chi connectivity index (χ4v) is 2.50. The molecule has 0 aliphatic rings. The molecule has 0 fully saturated rings. The van der Waals surface area contributed by atoms with Gasteiger partial charge in [0.15, 0.2) is 5.17 Å². The Labute approximate surface area is 137 Å². The van der Waals surface area contributed by atoms with Crippen molar-refractivity contribution in [1.29, 1.82) is 0 Å². The molecule has 0 saturated carbocycles. The van der Waals surface area contributed by atoms with Crippen LogP contribution < -0.4 is 10.5 Å². The van der Waals surface area contributed by atoms with Gasteiger partial charge in [-0.3, -0.25) is 0 Å². The molecule has 0 unspecified atom stereocenters. The van der Waals surface area contributed by atoms with E-state index < -0.39 is 0 Å². The van der Waals surface area contributed by atoms with E-state index in [2.05, 4.69) is 20.9 Å². The third kappa shape index (κ3) is 5.81. The standard InChI is InChI=1S/C16H17BrN2OS/c1-12-3-2-4-14(11-12)19-16(18)21-10-9-20-15-7-5-13(17)6-8-15/h2-8,11H,9-10H2,1H3,(H2,18,19). The molecule has 3 nitrogen and oxygen atoms in total. The molecule has 0 atom stereocenters.